The van der Waals surface area contributed by atoms with Gasteiger partial charge in [0.15, 0.2) is 0 Å². The van der Waals surface area contributed by atoms with Crippen molar-refractivity contribution in [3.05, 3.63) is 51.2 Å². The van der Waals surface area contributed by atoms with Gasteiger partial charge in [-0.15, -0.1) is 11.3 Å². The molecule has 1 fully saturated rings. The smallest absolute Gasteiger partial charge is 0.255 e. The minimum absolute atomic E-state index is 0.0513. The average molecular weight is 363 g/mol. The lowest BCUT2D eigenvalue weighted by atomic mass is 9.92. The molecule has 0 saturated carbocycles. The number of amides is 1. The van der Waals surface area contributed by atoms with Crippen LogP contribution in [0.1, 0.15) is 28.1 Å². The number of nitrogens with zero attached hydrogens (tertiary/aromatic N) is 1. The number of fused-ring (bicyclic) bond motifs is 1. The number of para-hydroxylation sites is 1. The molecule has 6 heteroatoms. The minimum atomic E-state index is -0.360. The standard InChI is InChI=1S/C18H19ClN2O2S/c19-16-7-6-13(24-16)10-21-9-3-8-18(12-21)11-20-17(22)14-4-1-2-5-15(14)23-18/h1-2,4-7H,3,8-12H2,(H,20,22)/t18-/m1/s1. The number of hydrogen-bond donors (Lipinski definition) is 1. The molecule has 3 heterocycles. The van der Waals surface area contributed by atoms with E-state index in [1.54, 1.807) is 11.3 Å². The Bertz CT molecular complexity index is 763. The Morgan fingerprint density at radius 3 is 3.00 bits per heavy atom. The van der Waals surface area contributed by atoms with Gasteiger partial charge in [0.25, 0.3) is 5.91 Å². The number of ether oxygens (including phenoxy) is 1. The van der Waals surface area contributed by atoms with Crippen molar-refractivity contribution in [3.63, 3.8) is 0 Å². The van der Waals surface area contributed by atoms with Crippen molar-refractivity contribution in [1.82, 2.24) is 10.2 Å². The maximum absolute atomic E-state index is 12.3. The van der Waals surface area contributed by atoms with E-state index in [1.165, 1.54) is 4.88 Å². The van der Waals surface area contributed by atoms with E-state index in [1.807, 2.05) is 30.3 Å². The van der Waals surface area contributed by atoms with Crippen LogP contribution >= 0.6 is 22.9 Å². The zero-order valence-corrected chi connectivity index (χ0v) is 14.8. The van der Waals surface area contributed by atoms with Crippen molar-refractivity contribution in [1.29, 1.82) is 0 Å². The third-order valence-corrected chi connectivity index (χ3v) is 5.87. The van der Waals surface area contributed by atoms with Gasteiger partial charge in [-0.3, -0.25) is 9.69 Å². The molecule has 1 spiro atoms. The number of thiophene rings is 1. The number of nitrogens with one attached hydrogen (secondary N) is 1. The van der Waals surface area contributed by atoms with Gasteiger partial charge in [0.2, 0.25) is 0 Å². The Morgan fingerprint density at radius 1 is 1.29 bits per heavy atom. The fourth-order valence-corrected chi connectivity index (χ4v) is 4.69. The van der Waals surface area contributed by atoms with E-state index < -0.39 is 0 Å². The summed E-state index contributed by atoms with van der Waals surface area (Å²) in [5, 5.41) is 3.04. The van der Waals surface area contributed by atoms with Crippen LogP contribution in [0.2, 0.25) is 4.34 Å². The summed E-state index contributed by atoms with van der Waals surface area (Å²) < 4.78 is 7.20. The third-order valence-electron chi connectivity index (χ3n) is 4.66. The van der Waals surface area contributed by atoms with Gasteiger partial charge in [-0.05, 0) is 43.7 Å². The van der Waals surface area contributed by atoms with E-state index in [9.17, 15) is 4.79 Å². The highest BCUT2D eigenvalue weighted by atomic mass is 35.5. The van der Waals surface area contributed by atoms with E-state index in [-0.39, 0.29) is 11.5 Å². The predicted octanol–water partition coefficient (Wildman–Crippen LogP) is 3.56. The zero-order valence-electron chi connectivity index (χ0n) is 13.3. The van der Waals surface area contributed by atoms with Crippen LogP contribution in [0.5, 0.6) is 5.75 Å². The van der Waals surface area contributed by atoms with Crippen molar-refractivity contribution in [2.75, 3.05) is 19.6 Å². The third kappa shape index (κ3) is 3.16. The van der Waals surface area contributed by atoms with Crippen molar-refractivity contribution < 1.29 is 9.53 Å². The van der Waals surface area contributed by atoms with E-state index in [0.717, 1.165) is 36.8 Å². The molecule has 4 rings (SSSR count). The molecule has 0 bridgehead atoms. The topological polar surface area (TPSA) is 41.6 Å². The van der Waals surface area contributed by atoms with E-state index >= 15 is 0 Å². The highest BCUT2D eigenvalue weighted by Gasteiger charge is 2.40. The summed E-state index contributed by atoms with van der Waals surface area (Å²) in [6.07, 6.45) is 2.00. The summed E-state index contributed by atoms with van der Waals surface area (Å²) >= 11 is 7.66. The van der Waals surface area contributed by atoms with Crippen LogP contribution in [0.4, 0.5) is 0 Å². The summed E-state index contributed by atoms with van der Waals surface area (Å²) in [6.45, 7) is 3.26. The molecular weight excluding hydrogens is 344 g/mol. The predicted molar refractivity (Wildman–Crippen MR) is 96.0 cm³/mol. The summed E-state index contributed by atoms with van der Waals surface area (Å²) in [5.41, 5.74) is 0.262. The van der Waals surface area contributed by atoms with E-state index in [0.29, 0.717) is 17.9 Å². The first-order valence-corrected chi connectivity index (χ1v) is 9.36. The molecule has 1 aromatic carbocycles. The Balaban J connectivity index is 1.55. The van der Waals surface area contributed by atoms with Crippen LogP contribution in [0.3, 0.4) is 0 Å². The second-order valence-corrected chi connectivity index (χ2v) is 8.28. The van der Waals surface area contributed by atoms with Crippen molar-refractivity contribution in [2.45, 2.75) is 25.0 Å². The molecule has 0 radical (unpaired) electrons. The lowest BCUT2D eigenvalue weighted by Crippen LogP contribution is -2.56. The van der Waals surface area contributed by atoms with Crippen LogP contribution in [0.25, 0.3) is 0 Å². The SMILES string of the molecule is O=C1NC[C@@]2(CCCN(Cc3ccc(Cl)s3)C2)Oc2ccccc21. The number of halogens is 1. The number of carbonyl (C=O) groups excluding carboxylic acids is 1. The summed E-state index contributed by atoms with van der Waals surface area (Å²) in [7, 11) is 0. The minimum Gasteiger partial charge on any atom is -0.483 e. The number of benzene rings is 1. The van der Waals surface area contributed by atoms with Crippen LogP contribution in [-0.2, 0) is 6.54 Å². The maximum atomic E-state index is 12.3. The molecule has 126 valence electrons. The van der Waals surface area contributed by atoms with Crippen LogP contribution in [0.15, 0.2) is 36.4 Å². The molecule has 4 nitrogen and oxygen atoms in total. The lowest BCUT2D eigenvalue weighted by Gasteiger charge is -2.42. The first-order chi connectivity index (χ1) is 11.6. The molecule has 1 saturated heterocycles. The van der Waals surface area contributed by atoms with Crippen LogP contribution < -0.4 is 10.1 Å². The normalized spacial score (nSPS) is 24.1. The fourth-order valence-electron chi connectivity index (χ4n) is 3.56. The largest absolute Gasteiger partial charge is 0.483 e. The molecule has 0 aliphatic carbocycles. The summed E-state index contributed by atoms with van der Waals surface area (Å²) in [6, 6.07) is 11.5. The van der Waals surface area contributed by atoms with E-state index in [2.05, 4.69) is 16.3 Å². The van der Waals surface area contributed by atoms with Crippen LogP contribution in [-0.4, -0.2) is 36.0 Å². The second kappa shape index (κ2) is 6.39. The highest BCUT2D eigenvalue weighted by Crippen LogP contribution is 2.33. The van der Waals surface area contributed by atoms with Gasteiger partial charge in [0, 0.05) is 18.0 Å². The Kier molecular flexibility index (Phi) is 4.24. The number of likely N-dealkylation sites (tertiary alicyclic amines) is 1. The molecule has 2 aliphatic heterocycles. The second-order valence-electron chi connectivity index (χ2n) is 6.48. The molecule has 1 amide bonds. The van der Waals surface area contributed by atoms with Crippen molar-refractivity contribution in [2.24, 2.45) is 0 Å². The first-order valence-electron chi connectivity index (χ1n) is 8.16. The van der Waals surface area contributed by atoms with Crippen LogP contribution in [0, 0.1) is 0 Å². The maximum Gasteiger partial charge on any atom is 0.255 e. The van der Waals surface area contributed by atoms with Gasteiger partial charge in [0.05, 0.1) is 16.4 Å². The Morgan fingerprint density at radius 2 is 2.17 bits per heavy atom. The summed E-state index contributed by atoms with van der Waals surface area (Å²) in [5.74, 6) is 0.637. The van der Waals surface area contributed by atoms with Gasteiger partial charge in [-0.2, -0.15) is 0 Å². The molecule has 1 aromatic heterocycles. The van der Waals surface area contributed by atoms with Gasteiger partial charge < -0.3 is 10.1 Å². The highest BCUT2D eigenvalue weighted by molar-refractivity contribution is 7.16. The number of carbonyl (C=O) groups is 1. The number of rotatable bonds is 2. The molecule has 2 aliphatic rings. The van der Waals surface area contributed by atoms with Crippen molar-refractivity contribution >= 4 is 28.8 Å². The van der Waals surface area contributed by atoms with Crippen molar-refractivity contribution in [3.8, 4) is 5.75 Å². The fraction of sp³-hybridized carbons (Fsp3) is 0.389. The number of piperidine rings is 1. The molecule has 24 heavy (non-hydrogen) atoms. The van der Waals surface area contributed by atoms with Gasteiger partial charge in [-0.25, -0.2) is 0 Å². The molecule has 1 atom stereocenters. The Labute approximate surface area is 150 Å². The monoisotopic (exact) mass is 362 g/mol. The molecule has 2 aromatic rings. The first kappa shape index (κ1) is 15.9. The molecular formula is C18H19ClN2O2S. The summed E-state index contributed by atoms with van der Waals surface area (Å²) in [4.78, 5) is 15.9. The number of hydrogen-bond acceptors (Lipinski definition) is 4. The zero-order chi connectivity index (χ0) is 16.6. The average Bonchev–Trinajstić information content (AvgIpc) is 2.92. The quantitative estimate of drug-likeness (QED) is 0.888. The van der Waals surface area contributed by atoms with Gasteiger partial charge in [0.1, 0.15) is 11.4 Å². The molecule has 1 N–H and O–H groups in total. The van der Waals surface area contributed by atoms with Gasteiger partial charge >= 0.3 is 0 Å². The van der Waals surface area contributed by atoms with E-state index in [4.69, 9.17) is 16.3 Å². The lowest BCUT2D eigenvalue weighted by molar-refractivity contribution is -0.00673. The van der Waals surface area contributed by atoms with Gasteiger partial charge in [-0.1, -0.05) is 23.7 Å². The Hall–Kier alpha value is -1.56. The molecule has 0 unspecified atom stereocenters.